The summed E-state index contributed by atoms with van der Waals surface area (Å²) in [5, 5.41) is 3.35. The van der Waals surface area contributed by atoms with Gasteiger partial charge in [-0.25, -0.2) is 0 Å². The zero-order chi connectivity index (χ0) is 8.10. The van der Waals surface area contributed by atoms with Gasteiger partial charge >= 0.3 is 0 Å². The molecule has 0 aromatic heterocycles. The summed E-state index contributed by atoms with van der Waals surface area (Å²) in [5.74, 6) is 0. The Morgan fingerprint density at radius 1 is 1.25 bits per heavy atom. The van der Waals surface area contributed by atoms with E-state index in [0.717, 1.165) is 13.1 Å². The van der Waals surface area contributed by atoms with Crippen LogP contribution in [0.15, 0.2) is 0 Å². The molecule has 0 aliphatic carbocycles. The molecule has 1 saturated heterocycles. The van der Waals surface area contributed by atoms with Crippen LogP contribution in [-0.2, 0) is 0 Å². The van der Waals surface area contributed by atoms with Crippen LogP contribution in [0.3, 0.4) is 0 Å². The molecule has 3 heteroatoms. The highest BCUT2D eigenvalue weighted by molar-refractivity contribution is 4.67. The van der Waals surface area contributed by atoms with E-state index >= 15 is 0 Å². The summed E-state index contributed by atoms with van der Waals surface area (Å²) >= 11 is 0. The van der Waals surface area contributed by atoms with Gasteiger partial charge in [0.1, 0.15) is 0 Å². The van der Waals surface area contributed by atoms with Crippen LogP contribution in [0.2, 0.25) is 0 Å². The van der Waals surface area contributed by atoms with Gasteiger partial charge in [-0.2, -0.15) is 0 Å². The van der Waals surface area contributed by atoms with Gasteiger partial charge in [0.2, 0.25) is 0 Å². The largest absolute Gasteiger partial charge is 0.314 e. The van der Waals surface area contributed by atoms with Gasteiger partial charge in [-0.05, 0) is 14.1 Å². The van der Waals surface area contributed by atoms with Gasteiger partial charge in [0, 0.05) is 39.3 Å². The molecule has 12 heavy (non-hydrogen) atoms. The van der Waals surface area contributed by atoms with E-state index in [0.29, 0.717) is 0 Å². The van der Waals surface area contributed by atoms with E-state index in [1.165, 1.54) is 26.2 Å². The van der Waals surface area contributed by atoms with Gasteiger partial charge in [0.05, 0.1) is 0 Å². The van der Waals surface area contributed by atoms with E-state index in [9.17, 15) is 0 Å². The number of piperazine rings is 1. The monoisotopic (exact) mass is 173 g/mol. The molecule has 0 aromatic rings. The molecule has 1 heterocycles. The van der Waals surface area contributed by atoms with Crippen LogP contribution in [0.25, 0.3) is 0 Å². The summed E-state index contributed by atoms with van der Waals surface area (Å²) < 4.78 is 0. The van der Waals surface area contributed by atoms with Crippen molar-refractivity contribution in [3.8, 4) is 0 Å². The van der Waals surface area contributed by atoms with E-state index in [1.807, 2.05) is 0 Å². The molecule has 0 saturated carbocycles. The molecule has 1 aliphatic heterocycles. The molecule has 0 bridgehead atoms. The number of nitrogens with zero attached hydrogens (tertiary/aromatic N) is 2. The Morgan fingerprint density at radius 2 is 1.83 bits per heavy atom. The Labute approximate surface area is 76.7 Å². The molecule has 0 atom stereocenters. The Bertz CT molecular complexity index is 97.9. The lowest BCUT2D eigenvalue weighted by Gasteiger charge is -2.28. The van der Waals surface area contributed by atoms with Crippen molar-refractivity contribution in [2.45, 2.75) is 7.43 Å². The zero-order valence-electron chi connectivity index (χ0n) is 7.64. The average Bonchev–Trinajstić information content (AvgIpc) is 2.03. The predicted molar refractivity (Wildman–Crippen MR) is 54.6 cm³/mol. The topological polar surface area (TPSA) is 18.5 Å². The van der Waals surface area contributed by atoms with Gasteiger partial charge in [0.15, 0.2) is 0 Å². The first-order valence-electron chi connectivity index (χ1n) is 4.37. The standard InChI is InChI=1S/C8H19N3.CH4/c1-10(2)7-8-11-5-3-9-4-6-11;/h9H,3-8H2,1-2H3;1H4. The minimum atomic E-state index is 0. The second-order valence-electron chi connectivity index (χ2n) is 3.39. The lowest BCUT2D eigenvalue weighted by atomic mass is 10.3. The van der Waals surface area contributed by atoms with Gasteiger partial charge in [-0.1, -0.05) is 7.43 Å². The second kappa shape index (κ2) is 6.40. The van der Waals surface area contributed by atoms with Crippen LogP contribution >= 0.6 is 0 Å². The first kappa shape index (κ1) is 11.9. The first-order chi connectivity index (χ1) is 5.29. The van der Waals surface area contributed by atoms with Gasteiger partial charge in [-0.15, -0.1) is 0 Å². The summed E-state index contributed by atoms with van der Waals surface area (Å²) in [4.78, 5) is 4.75. The molecule has 0 radical (unpaired) electrons. The van der Waals surface area contributed by atoms with E-state index in [-0.39, 0.29) is 7.43 Å². The van der Waals surface area contributed by atoms with Crippen molar-refractivity contribution < 1.29 is 0 Å². The van der Waals surface area contributed by atoms with Crippen molar-refractivity contribution in [3.63, 3.8) is 0 Å². The van der Waals surface area contributed by atoms with E-state index in [1.54, 1.807) is 0 Å². The molecule has 1 rings (SSSR count). The maximum absolute atomic E-state index is 3.35. The number of rotatable bonds is 3. The summed E-state index contributed by atoms with van der Waals surface area (Å²) in [6, 6.07) is 0. The van der Waals surface area contributed by atoms with Gasteiger partial charge < -0.3 is 10.2 Å². The smallest absolute Gasteiger partial charge is 0.0110 e. The molecule has 1 aliphatic rings. The maximum Gasteiger partial charge on any atom is 0.0110 e. The number of hydrogen-bond donors (Lipinski definition) is 1. The number of likely N-dealkylation sites (N-methyl/N-ethyl adjacent to an activating group) is 1. The van der Waals surface area contributed by atoms with Crippen molar-refractivity contribution in [2.24, 2.45) is 0 Å². The van der Waals surface area contributed by atoms with E-state index in [4.69, 9.17) is 0 Å². The molecule has 1 fully saturated rings. The second-order valence-corrected chi connectivity index (χ2v) is 3.39. The molecular formula is C9H23N3. The summed E-state index contributed by atoms with van der Waals surface area (Å²) in [6.45, 7) is 7.15. The summed E-state index contributed by atoms with van der Waals surface area (Å²) in [6.07, 6.45) is 0. The fraction of sp³-hybridized carbons (Fsp3) is 1.00. The van der Waals surface area contributed by atoms with Crippen LogP contribution in [0, 0.1) is 0 Å². The fourth-order valence-electron chi connectivity index (χ4n) is 1.28. The highest BCUT2D eigenvalue weighted by atomic mass is 15.2. The van der Waals surface area contributed by atoms with Crippen molar-refractivity contribution in [3.05, 3.63) is 0 Å². The summed E-state index contributed by atoms with van der Waals surface area (Å²) in [7, 11) is 4.25. The Kier molecular flexibility index (Phi) is 6.34. The van der Waals surface area contributed by atoms with Crippen LogP contribution in [-0.4, -0.2) is 63.2 Å². The van der Waals surface area contributed by atoms with Gasteiger partial charge in [-0.3, -0.25) is 4.90 Å². The quantitative estimate of drug-likeness (QED) is 0.652. The molecular weight excluding hydrogens is 150 g/mol. The highest BCUT2D eigenvalue weighted by Crippen LogP contribution is 1.91. The first-order valence-corrected chi connectivity index (χ1v) is 4.37. The molecule has 1 N–H and O–H groups in total. The van der Waals surface area contributed by atoms with Crippen LogP contribution in [0.5, 0.6) is 0 Å². The Morgan fingerprint density at radius 3 is 2.33 bits per heavy atom. The summed E-state index contributed by atoms with van der Waals surface area (Å²) in [5.41, 5.74) is 0. The van der Waals surface area contributed by atoms with Crippen LogP contribution in [0.4, 0.5) is 0 Å². The third kappa shape index (κ3) is 4.70. The maximum atomic E-state index is 3.35. The minimum absolute atomic E-state index is 0. The van der Waals surface area contributed by atoms with E-state index < -0.39 is 0 Å². The molecule has 3 nitrogen and oxygen atoms in total. The Balaban J connectivity index is 0.00000121. The van der Waals surface area contributed by atoms with E-state index in [2.05, 4.69) is 29.2 Å². The Hall–Kier alpha value is -0.120. The fourth-order valence-corrected chi connectivity index (χ4v) is 1.28. The normalized spacial score (nSPS) is 19.2. The molecule has 0 aromatic carbocycles. The molecule has 74 valence electrons. The molecule has 0 unspecified atom stereocenters. The highest BCUT2D eigenvalue weighted by Gasteiger charge is 2.08. The predicted octanol–water partition coefficient (Wildman–Crippen LogP) is 0.0893. The molecule has 0 amide bonds. The third-order valence-electron chi connectivity index (χ3n) is 2.07. The number of nitrogens with one attached hydrogen (secondary N) is 1. The van der Waals surface area contributed by atoms with Crippen molar-refractivity contribution in [1.82, 2.24) is 15.1 Å². The van der Waals surface area contributed by atoms with Crippen molar-refractivity contribution >= 4 is 0 Å². The van der Waals surface area contributed by atoms with Crippen LogP contribution < -0.4 is 5.32 Å². The van der Waals surface area contributed by atoms with Crippen molar-refractivity contribution in [2.75, 3.05) is 53.4 Å². The average molecular weight is 173 g/mol. The lowest BCUT2D eigenvalue weighted by Crippen LogP contribution is -2.45. The minimum Gasteiger partial charge on any atom is -0.314 e. The number of hydrogen-bond acceptors (Lipinski definition) is 3. The lowest BCUT2D eigenvalue weighted by molar-refractivity contribution is 0.217. The zero-order valence-corrected chi connectivity index (χ0v) is 7.64. The SMILES string of the molecule is C.CN(C)CCN1CCNCC1. The third-order valence-corrected chi connectivity index (χ3v) is 2.07. The van der Waals surface area contributed by atoms with Crippen molar-refractivity contribution in [1.29, 1.82) is 0 Å². The van der Waals surface area contributed by atoms with Gasteiger partial charge in [0.25, 0.3) is 0 Å². The van der Waals surface area contributed by atoms with Crippen LogP contribution in [0.1, 0.15) is 7.43 Å². The molecule has 0 spiro atoms.